The molecule has 0 saturated carbocycles. The predicted octanol–water partition coefficient (Wildman–Crippen LogP) is 4.46. The van der Waals surface area contributed by atoms with Crippen LogP contribution in [-0.2, 0) is 25.5 Å². The second-order valence-electron chi connectivity index (χ2n) is 7.17. The number of ketones is 1. The number of nitrogens with one attached hydrogen (secondary N) is 1. The van der Waals surface area contributed by atoms with E-state index in [2.05, 4.69) is 5.32 Å². The molecule has 2 aromatic carbocycles. The molecule has 0 radical (unpaired) electrons. The van der Waals surface area contributed by atoms with E-state index in [9.17, 15) is 14.4 Å². The highest BCUT2D eigenvalue weighted by atomic mass is 32.1. The smallest absolute Gasteiger partial charge is 0.334 e. The largest absolute Gasteiger partial charge is 0.464 e. The van der Waals surface area contributed by atoms with Gasteiger partial charge >= 0.3 is 5.97 Å². The number of ether oxygens (including phenoxy) is 1. The van der Waals surface area contributed by atoms with Crippen molar-refractivity contribution in [2.45, 2.75) is 32.7 Å². The lowest BCUT2D eigenvalue weighted by atomic mass is 9.93. The second-order valence-corrected chi connectivity index (χ2v) is 8.08. The normalized spacial score (nSPS) is 12.9. The van der Waals surface area contributed by atoms with Gasteiger partial charge in [0.15, 0.2) is 6.04 Å². The van der Waals surface area contributed by atoms with Gasteiger partial charge in [0.05, 0.1) is 6.61 Å². The van der Waals surface area contributed by atoms with Crippen LogP contribution in [0.4, 0.5) is 0 Å². The maximum Gasteiger partial charge on any atom is 0.334 e. The van der Waals surface area contributed by atoms with Crippen molar-refractivity contribution in [1.29, 1.82) is 0 Å². The van der Waals surface area contributed by atoms with Gasteiger partial charge in [-0.05, 0) is 42.0 Å². The summed E-state index contributed by atoms with van der Waals surface area (Å²) in [5.41, 5.74) is 0.966. The number of benzene rings is 2. The van der Waals surface area contributed by atoms with E-state index in [-0.39, 0.29) is 24.7 Å². The SMILES string of the molecule is CCOC(=O)C(NC(=O)C(CC(C)=O)Cc1ccccc1)c1scc2ccccc12. The third-order valence-corrected chi connectivity index (χ3v) is 5.92. The summed E-state index contributed by atoms with van der Waals surface area (Å²) in [6, 6.07) is 16.4. The van der Waals surface area contributed by atoms with E-state index >= 15 is 0 Å². The number of thiophene rings is 1. The standard InChI is InChI=1S/C24H25NO4S/c1-3-29-24(28)21(22-20-12-8-7-11-18(20)15-30-22)25-23(27)19(13-16(2)26)14-17-9-5-4-6-10-17/h4-12,15,19,21H,3,13-14H2,1-2H3,(H,25,27). The van der Waals surface area contributed by atoms with Crippen molar-refractivity contribution < 1.29 is 19.1 Å². The van der Waals surface area contributed by atoms with Crippen LogP contribution in [0, 0.1) is 5.92 Å². The van der Waals surface area contributed by atoms with Gasteiger partial charge in [-0.3, -0.25) is 4.79 Å². The Balaban J connectivity index is 1.88. The van der Waals surface area contributed by atoms with E-state index in [1.165, 1.54) is 18.3 Å². The maximum atomic E-state index is 13.2. The monoisotopic (exact) mass is 423 g/mol. The molecule has 3 rings (SSSR count). The molecule has 5 nitrogen and oxygen atoms in total. The summed E-state index contributed by atoms with van der Waals surface area (Å²) in [5.74, 6) is -1.46. The van der Waals surface area contributed by atoms with Crippen molar-refractivity contribution in [1.82, 2.24) is 5.32 Å². The van der Waals surface area contributed by atoms with Crippen molar-refractivity contribution in [3.05, 3.63) is 70.4 Å². The van der Waals surface area contributed by atoms with Crippen LogP contribution in [0.2, 0.25) is 0 Å². The molecule has 6 heteroatoms. The summed E-state index contributed by atoms with van der Waals surface area (Å²) in [5, 5.41) is 6.74. The van der Waals surface area contributed by atoms with Crippen LogP contribution in [0.25, 0.3) is 10.8 Å². The summed E-state index contributed by atoms with van der Waals surface area (Å²) < 4.78 is 5.24. The molecule has 0 saturated heterocycles. The molecule has 0 fully saturated rings. The average Bonchev–Trinajstić information content (AvgIpc) is 3.16. The van der Waals surface area contributed by atoms with Crippen LogP contribution in [0.15, 0.2) is 60.0 Å². The Morgan fingerprint density at radius 2 is 1.73 bits per heavy atom. The second kappa shape index (κ2) is 10.2. The number of fused-ring (bicyclic) bond motifs is 1. The van der Waals surface area contributed by atoms with Crippen LogP contribution >= 0.6 is 11.3 Å². The third kappa shape index (κ3) is 5.33. The molecule has 1 aromatic heterocycles. The zero-order valence-corrected chi connectivity index (χ0v) is 17.9. The topological polar surface area (TPSA) is 72.5 Å². The van der Waals surface area contributed by atoms with Crippen molar-refractivity contribution in [2.75, 3.05) is 6.61 Å². The first-order valence-electron chi connectivity index (χ1n) is 9.96. The lowest BCUT2D eigenvalue weighted by molar-refractivity contribution is -0.148. The quantitative estimate of drug-likeness (QED) is 0.516. The van der Waals surface area contributed by atoms with E-state index in [0.717, 1.165) is 21.2 Å². The Labute approximate surface area is 180 Å². The molecule has 0 spiro atoms. The van der Waals surface area contributed by atoms with E-state index in [0.29, 0.717) is 6.42 Å². The van der Waals surface area contributed by atoms with Gasteiger partial charge in [0.2, 0.25) is 5.91 Å². The fourth-order valence-corrected chi connectivity index (χ4v) is 4.52. The number of esters is 1. The van der Waals surface area contributed by atoms with Gasteiger partial charge in [0.25, 0.3) is 0 Å². The van der Waals surface area contributed by atoms with Gasteiger partial charge in [-0.25, -0.2) is 4.79 Å². The molecule has 1 amide bonds. The summed E-state index contributed by atoms with van der Waals surface area (Å²) in [4.78, 5) is 38.4. The number of rotatable bonds is 9. The molecule has 1 N–H and O–H groups in total. The highest BCUT2D eigenvalue weighted by molar-refractivity contribution is 7.11. The Morgan fingerprint density at radius 1 is 1.03 bits per heavy atom. The zero-order chi connectivity index (χ0) is 21.5. The predicted molar refractivity (Wildman–Crippen MR) is 118 cm³/mol. The average molecular weight is 424 g/mol. The fourth-order valence-electron chi connectivity index (χ4n) is 3.46. The molecule has 2 atom stereocenters. The van der Waals surface area contributed by atoms with Gasteiger partial charge in [0.1, 0.15) is 5.78 Å². The van der Waals surface area contributed by atoms with E-state index in [1.807, 2.05) is 60.0 Å². The molecule has 3 aromatic rings. The Bertz CT molecular complexity index is 1030. The third-order valence-electron chi connectivity index (χ3n) is 4.84. The van der Waals surface area contributed by atoms with Crippen molar-refractivity contribution in [3.63, 3.8) is 0 Å². The number of hydrogen-bond donors (Lipinski definition) is 1. The minimum atomic E-state index is -0.910. The molecule has 156 valence electrons. The number of carbonyl (C=O) groups is 3. The van der Waals surface area contributed by atoms with Crippen LogP contribution in [0.3, 0.4) is 0 Å². The first kappa shape index (κ1) is 21.7. The number of amides is 1. The van der Waals surface area contributed by atoms with Gasteiger partial charge in [-0.15, -0.1) is 11.3 Å². The molecular formula is C24H25NO4S. The number of carbonyl (C=O) groups excluding carboxylic acids is 3. The molecular weight excluding hydrogens is 398 g/mol. The highest BCUT2D eigenvalue weighted by Crippen LogP contribution is 2.32. The number of hydrogen-bond acceptors (Lipinski definition) is 5. The van der Waals surface area contributed by atoms with Gasteiger partial charge in [-0.2, -0.15) is 0 Å². The van der Waals surface area contributed by atoms with Crippen LogP contribution < -0.4 is 5.32 Å². The minimum Gasteiger partial charge on any atom is -0.464 e. The first-order valence-corrected chi connectivity index (χ1v) is 10.8. The lowest BCUT2D eigenvalue weighted by Gasteiger charge is -2.21. The molecule has 0 aliphatic rings. The van der Waals surface area contributed by atoms with Crippen LogP contribution in [0.5, 0.6) is 0 Å². The van der Waals surface area contributed by atoms with E-state index in [1.54, 1.807) is 6.92 Å². The summed E-state index contributed by atoms with van der Waals surface area (Å²) in [6.07, 6.45) is 0.536. The van der Waals surface area contributed by atoms with Crippen molar-refractivity contribution >= 4 is 39.8 Å². The molecule has 0 bridgehead atoms. The van der Waals surface area contributed by atoms with Crippen LogP contribution in [-0.4, -0.2) is 24.3 Å². The van der Waals surface area contributed by atoms with Crippen molar-refractivity contribution in [3.8, 4) is 0 Å². The van der Waals surface area contributed by atoms with E-state index < -0.39 is 17.9 Å². The summed E-state index contributed by atoms with van der Waals surface area (Å²) in [6.45, 7) is 3.42. The number of Topliss-reactive ketones (excluding diaryl/α,β-unsaturated/α-hetero) is 1. The molecule has 2 unspecified atom stereocenters. The summed E-state index contributed by atoms with van der Waals surface area (Å²) >= 11 is 1.41. The van der Waals surface area contributed by atoms with Gasteiger partial charge in [0, 0.05) is 17.2 Å². The van der Waals surface area contributed by atoms with E-state index in [4.69, 9.17) is 4.74 Å². The molecule has 30 heavy (non-hydrogen) atoms. The minimum absolute atomic E-state index is 0.0691. The zero-order valence-electron chi connectivity index (χ0n) is 17.1. The first-order chi connectivity index (χ1) is 14.5. The summed E-state index contributed by atoms with van der Waals surface area (Å²) in [7, 11) is 0. The van der Waals surface area contributed by atoms with Crippen LogP contribution in [0.1, 0.15) is 36.8 Å². The maximum absolute atomic E-state index is 13.2. The highest BCUT2D eigenvalue weighted by Gasteiger charge is 2.30. The Kier molecular flexibility index (Phi) is 7.36. The van der Waals surface area contributed by atoms with Crippen molar-refractivity contribution in [2.24, 2.45) is 5.92 Å². The molecule has 1 heterocycles. The van der Waals surface area contributed by atoms with Gasteiger partial charge in [-0.1, -0.05) is 54.6 Å². The Morgan fingerprint density at radius 3 is 2.43 bits per heavy atom. The molecule has 0 aliphatic heterocycles. The molecule has 0 aliphatic carbocycles. The van der Waals surface area contributed by atoms with Gasteiger partial charge < -0.3 is 14.8 Å². The lowest BCUT2D eigenvalue weighted by Crippen LogP contribution is -2.39. The Hall–Kier alpha value is -2.99. The fraction of sp³-hybridized carbons (Fsp3) is 0.292.